The first-order valence-electron chi connectivity index (χ1n) is 6.90. The minimum absolute atomic E-state index is 0.0132. The van der Waals surface area contributed by atoms with Gasteiger partial charge in [0.15, 0.2) is 5.69 Å². The van der Waals surface area contributed by atoms with Crippen LogP contribution in [-0.4, -0.2) is 45.7 Å². The van der Waals surface area contributed by atoms with Gasteiger partial charge in [-0.2, -0.15) is 0 Å². The third kappa shape index (κ3) is 4.34. The van der Waals surface area contributed by atoms with E-state index in [1.807, 2.05) is 0 Å². The molecule has 1 aromatic heterocycles. The van der Waals surface area contributed by atoms with E-state index in [1.165, 1.54) is 25.4 Å². The van der Waals surface area contributed by atoms with Crippen LogP contribution in [0, 0.1) is 0 Å². The number of carbonyl (C=O) groups is 2. The Bertz CT molecular complexity index is 466. The van der Waals surface area contributed by atoms with Crippen LogP contribution >= 0.6 is 0 Å². The maximum absolute atomic E-state index is 11.6. The average Bonchev–Trinajstić information content (AvgIpc) is 3.07. The molecule has 110 valence electrons. The summed E-state index contributed by atoms with van der Waals surface area (Å²) in [6, 6.07) is 0.479. The quantitative estimate of drug-likeness (QED) is 0.664. The van der Waals surface area contributed by atoms with Crippen molar-refractivity contribution < 1.29 is 14.7 Å². The minimum Gasteiger partial charge on any atom is -0.476 e. The Morgan fingerprint density at radius 2 is 2.15 bits per heavy atom. The van der Waals surface area contributed by atoms with Crippen LogP contribution in [0.4, 0.5) is 0 Å². The number of hydrogen-bond donors (Lipinski definition) is 3. The molecule has 1 saturated carbocycles. The Morgan fingerprint density at radius 3 is 2.80 bits per heavy atom. The molecule has 0 saturated heterocycles. The molecule has 1 fully saturated rings. The molecular weight excluding hydrogens is 260 g/mol. The number of hydrogen-bond acceptors (Lipinski definition) is 4. The largest absolute Gasteiger partial charge is 0.476 e. The zero-order chi connectivity index (χ0) is 14.4. The van der Waals surface area contributed by atoms with Gasteiger partial charge in [-0.25, -0.2) is 9.78 Å². The van der Waals surface area contributed by atoms with Crippen LogP contribution in [-0.2, 0) is 11.3 Å². The second-order valence-electron chi connectivity index (χ2n) is 5.01. The number of rotatable bonds is 7. The first kappa shape index (κ1) is 14.5. The molecule has 0 spiro atoms. The molecule has 1 aromatic rings. The van der Waals surface area contributed by atoms with Crippen LogP contribution in [0.5, 0.6) is 0 Å². The van der Waals surface area contributed by atoms with E-state index in [2.05, 4.69) is 15.6 Å². The van der Waals surface area contributed by atoms with Crippen molar-refractivity contribution in [3.05, 3.63) is 18.2 Å². The lowest BCUT2D eigenvalue weighted by Crippen LogP contribution is -2.39. The molecule has 0 atom stereocenters. The van der Waals surface area contributed by atoms with Crippen LogP contribution in [0.3, 0.4) is 0 Å². The van der Waals surface area contributed by atoms with Crippen molar-refractivity contribution in [2.24, 2.45) is 0 Å². The summed E-state index contributed by atoms with van der Waals surface area (Å²) in [5.41, 5.74) is 0.0132. The Hall–Kier alpha value is -1.89. The summed E-state index contributed by atoms with van der Waals surface area (Å²) in [5.74, 6) is -1.08. The first-order chi connectivity index (χ1) is 9.65. The number of nitrogens with zero attached hydrogens (tertiary/aromatic N) is 2. The molecule has 0 aliphatic heterocycles. The fraction of sp³-hybridized carbons (Fsp3) is 0.615. The van der Waals surface area contributed by atoms with Crippen LogP contribution in [0.2, 0.25) is 0 Å². The van der Waals surface area contributed by atoms with Gasteiger partial charge in [-0.05, 0) is 12.8 Å². The lowest BCUT2D eigenvalue weighted by molar-refractivity contribution is -0.120. The highest BCUT2D eigenvalue weighted by Crippen LogP contribution is 2.17. The summed E-state index contributed by atoms with van der Waals surface area (Å²) < 4.78 is 1.65. The topological polar surface area (TPSA) is 96.3 Å². The zero-order valence-electron chi connectivity index (χ0n) is 11.3. The van der Waals surface area contributed by atoms with Crippen molar-refractivity contribution in [1.82, 2.24) is 20.2 Å². The van der Waals surface area contributed by atoms with E-state index in [-0.39, 0.29) is 11.6 Å². The van der Waals surface area contributed by atoms with Gasteiger partial charge in [0.25, 0.3) is 0 Å². The van der Waals surface area contributed by atoms with Crippen molar-refractivity contribution in [2.45, 2.75) is 38.3 Å². The molecule has 3 N–H and O–H groups in total. The molecule has 1 aliphatic carbocycles. The van der Waals surface area contributed by atoms with Gasteiger partial charge in [-0.3, -0.25) is 4.79 Å². The van der Waals surface area contributed by atoms with Crippen molar-refractivity contribution in [2.75, 3.05) is 13.1 Å². The van der Waals surface area contributed by atoms with Gasteiger partial charge in [-0.1, -0.05) is 12.8 Å². The Morgan fingerprint density at radius 1 is 1.40 bits per heavy atom. The summed E-state index contributed by atoms with van der Waals surface area (Å²) in [4.78, 5) is 26.0. The number of carboxylic acid groups (broad SMARTS) is 1. The van der Waals surface area contributed by atoms with Gasteiger partial charge in [0.2, 0.25) is 5.91 Å². The lowest BCUT2D eigenvalue weighted by atomic mass is 10.2. The van der Waals surface area contributed by atoms with Gasteiger partial charge >= 0.3 is 5.97 Å². The molecule has 2 rings (SSSR count). The zero-order valence-corrected chi connectivity index (χ0v) is 11.3. The highest BCUT2D eigenvalue weighted by molar-refractivity contribution is 5.84. The maximum atomic E-state index is 11.6. The molecule has 1 amide bonds. The predicted molar refractivity (Wildman–Crippen MR) is 72.5 cm³/mol. The standard InChI is InChI=1S/C13H20N4O3/c18-12(7-15-10-3-1-2-4-10)14-5-6-17-8-11(13(19)20)16-9-17/h8-10,15H,1-7H2,(H,14,18)(H,19,20). The SMILES string of the molecule is O=C(CNC1CCCC1)NCCn1cnc(C(=O)O)c1. The average molecular weight is 280 g/mol. The van der Waals surface area contributed by atoms with E-state index in [1.54, 1.807) is 4.57 Å². The van der Waals surface area contributed by atoms with Crippen molar-refractivity contribution >= 4 is 11.9 Å². The van der Waals surface area contributed by atoms with Gasteiger partial charge in [-0.15, -0.1) is 0 Å². The molecule has 7 heteroatoms. The van der Waals surface area contributed by atoms with Crippen LogP contribution < -0.4 is 10.6 Å². The molecule has 0 radical (unpaired) electrons. The minimum atomic E-state index is -1.05. The molecule has 0 unspecified atom stereocenters. The number of nitrogens with one attached hydrogen (secondary N) is 2. The number of carbonyl (C=O) groups excluding carboxylic acids is 1. The van der Waals surface area contributed by atoms with Gasteiger partial charge in [0.05, 0.1) is 12.9 Å². The highest BCUT2D eigenvalue weighted by atomic mass is 16.4. The number of imidazole rings is 1. The monoisotopic (exact) mass is 280 g/mol. The summed E-state index contributed by atoms with van der Waals surface area (Å²) in [6.07, 6.45) is 7.69. The van der Waals surface area contributed by atoms with Crippen molar-refractivity contribution in [3.63, 3.8) is 0 Å². The fourth-order valence-corrected chi connectivity index (χ4v) is 2.35. The molecule has 7 nitrogen and oxygen atoms in total. The summed E-state index contributed by atoms with van der Waals surface area (Å²) >= 11 is 0. The molecule has 20 heavy (non-hydrogen) atoms. The Balaban J connectivity index is 1.61. The fourth-order valence-electron chi connectivity index (χ4n) is 2.35. The van der Waals surface area contributed by atoms with E-state index in [4.69, 9.17) is 5.11 Å². The third-order valence-corrected chi connectivity index (χ3v) is 3.45. The molecule has 0 bridgehead atoms. The van der Waals surface area contributed by atoms with E-state index < -0.39 is 5.97 Å². The van der Waals surface area contributed by atoms with Crippen molar-refractivity contribution in [3.8, 4) is 0 Å². The van der Waals surface area contributed by atoms with E-state index >= 15 is 0 Å². The van der Waals surface area contributed by atoms with Gasteiger partial charge in [0, 0.05) is 25.3 Å². The normalized spacial score (nSPS) is 15.4. The number of amides is 1. The smallest absolute Gasteiger partial charge is 0.356 e. The van der Waals surface area contributed by atoms with E-state index in [0.717, 1.165) is 12.8 Å². The molecule has 1 aliphatic rings. The van der Waals surface area contributed by atoms with Crippen molar-refractivity contribution in [1.29, 1.82) is 0 Å². The van der Waals surface area contributed by atoms with Crippen LogP contribution in [0.25, 0.3) is 0 Å². The first-order valence-corrected chi connectivity index (χ1v) is 6.90. The number of aromatic carboxylic acids is 1. The number of aromatic nitrogens is 2. The summed E-state index contributed by atoms with van der Waals surface area (Å²) in [7, 11) is 0. The Labute approximate surface area is 117 Å². The molecule has 1 heterocycles. The summed E-state index contributed by atoms with van der Waals surface area (Å²) in [6.45, 7) is 1.31. The maximum Gasteiger partial charge on any atom is 0.356 e. The van der Waals surface area contributed by atoms with Gasteiger partial charge in [0.1, 0.15) is 0 Å². The van der Waals surface area contributed by atoms with E-state index in [0.29, 0.717) is 25.7 Å². The second kappa shape index (κ2) is 7.04. The molecule has 0 aromatic carbocycles. The van der Waals surface area contributed by atoms with Gasteiger partial charge < -0.3 is 20.3 Å². The highest BCUT2D eigenvalue weighted by Gasteiger charge is 2.15. The third-order valence-electron chi connectivity index (χ3n) is 3.45. The number of carboxylic acids is 1. The van der Waals surface area contributed by atoms with E-state index in [9.17, 15) is 9.59 Å². The Kier molecular flexibility index (Phi) is 5.11. The predicted octanol–water partition coefficient (Wildman–Crippen LogP) is 0.230. The lowest BCUT2D eigenvalue weighted by Gasteiger charge is -2.11. The van der Waals surface area contributed by atoms with Crippen LogP contribution in [0.1, 0.15) is 36.2 Å². The summed E-state index contributed by atoms with van der Waals surface area (Å²) in [5, 5.41) is 14.8. The van der Waals surface area contributed by atoms with Crippen LogP contribution in [0.15, 0.2) is 12.5 Å². The molecular formula is C13H20N4O3. The second-order valence-corrected chi connectivity index (χ2v) is 5.01.